The Hall–Kier alpha value is -0.980. The number of anilines is 2. The van der Waals surface area contributed by atoms with E-state index in [9.17, 15) is 8.42 Å². The lowest BCUT2D eigenvalue weighted by Crippen LogP contribution is -2.21. The molecule has 2 N–H and O–H groups in total. The molecule has 0 heterocycles. The Morgan fingerprint density at radius 3 is 2.63 bits per heavy atom. The Morgan fingerprint density at radius 2 is 2.11 bits per heavy atom. The van der Waals surface area contributed by atoms with Crippen molar-refractivity contribution < 1.29 is 13.2 Å². The smallest absolute Gasteiger partial charge is 0.229 e. The van der Waals surface area contributed by atoms with Crippen LogP contribution in [0.1, 0.15) is 13.8 Å². The Kier molecular flexibility index (Phi) is 5.90. The maximum absolute atomic E-state index is 11.1. The molecule has 0 unspecified atom stereocenters. The highest BCUT2D eigenvalue weighted by Gasteiger charge is 2.08. The van der Waals surface area contributed by atoms with E-state index in [0.29, 0.717) is 23.9 Å². The molecule has 1 aromatic rings. The third-order valence-electron chi connectivity index (χ3n) is 2.25. The van der Waals surface area contributed by atoms with Crippen molar-refractivity contribution in [1.29, 1.82) is 0 Å². The van der Waals surface area contributed by atoms with Gasteiger partial charge in [0.15, 0.2) is 0 Å². The zero-order chi connectivity index (χ0) is 14.5. The van der Waals surface area contributed by atoms with Crippen molar-refractivity contribution in [2.24, 2.45) is 0 Å². The lowest BCUT2D eigenvalue weighted by Gasteiger charge is -2.16. The first-order valence-electron chi connectivity index (χ1n) is 5.93. The number of rotatable bonds is 7. The van der Waals surface area contributed by atoms with E-state index in [2.05, 4.69) is 10.0 Å². The van der Waals surface area contributed by atoms with E-state index in [0.717, 1.165) is 11.9 Å². The van der Waals surface area contributed by atoms with Gasteiger partial charge in [0.1, 0.15) is 0 Å². The number of benzene rings is 1. The van der Waals surface area contributed by atoms with E-state index in [4.69, 9.17) is 16.3 Å². The van der Waals surface area contributed by atoms with Crippen LogP contribution in [0.4, 0.5) is 11.4 Å². The molecule has 0 amide bonds. The zero-order valence-electron chi connectivity index (χ0n) is 11.2. The topological polar surface area (TPSA) is 67.4 Å². The Balaban J connectivity index is 2.71. The molecule has 0 aromatic heterocycles. The van der Waals surface area contributed by atoms with E-state index in [1.54, 1.807) is 18.2 Å². The number of nitrogens with one attached hydrogen (secondary N) is 2. The molecular formula is C12H19ClN2O3S. The lowest BCUT2D eigenvalue weighted by molar-refractivity contribution is 0.141. The van der Waals surface area contributed by atoms with Gasteiger partial charge in [-0.15, -0.1) is 0 Å². The van der Waals surface area contributed by atoms with Gasteiger partial charge in [-0.3, -0.25) is 4.72 Å². The number of sulfonamides is 1. The monoisotopic (exact) mass is 306 g/mol. The molecule has 19 heavy (non-hydrogen) atoms. The van der Waals surface area contributed by atoms with E-state index in [-0.39, 0.29) is 6.04 Å². The van der Waals surface area contributed by atoms with Gasteiger partial charge in [0, 0.05) is 18.3 Å². The minimum Gasteiger partial charge on any atom is -0.380 e. The first-order chi connectivity index (χ1) is 8.81. The fourth-order valence-electron chi connectivity index (χ4n) is 1.51. The molecule has 0 bridgehead atoms. The molecule has 108 valence electrons. The molecule has 0 aliphatic rings. The van der Waals surface area contributed by atoms with Crippen molar-refractivity contribution in [2.45, 2.75) is 19.9 Å². The summed E-state index contributed by atoms with van der Waals surface area (Å²) in [7, 11) is -3.32. The second-order valence-electron chi connectivity index (χ2n) is 4.27. The van der Waals surface area contributed by atoms with Crippen LogP contribution in [0.3, 0.4) is 0 Å². The van der Waals surface area contributed by atoms with E-state index in [1.165, 1.54) is 0 Å². The number of halogens is 1. The summed E-state index contributed by atoms with van der Waals surface area (Å²) in [6.07, 6.45) is 1.08. The summed E-state index contributed by atoms with van der Waals surface area (Å²) in [6, 6.07) is 5.21. The Labute approximate surface area is 119 Å². The average Bonchev–Trinajstić information content (AvgIpc) is 2.28. The number of ether oxygens (including phenoxy) is 1. The van der Waals surface area contributed by atoms with Crippen LogP contribution in [0, 0.1) is 0 Å². The molecule has 7 heteroatoms. The Bertz CT molecular complexity index is 520. The zero-order valence-corrected chi connectivity index (χ0v) is 12.8. The van der Waals surface area contributed by atoms with Crippen LogP contribution in [0.15, 0.2) is 18.2 Å². The maximum atomic E-state index is 11.1. The van der Waals surface area contributed by atoms with Crippen molar-refractivity contribution in [2.75, 3.05) is 29.5 Å². The summed E-state index contributed by atoms with van der Waals surface area (Å²) in [4.78, 5) is 0. The third kappa shape index (κ3) is 6.13. The molecule has 1 atom stereocenters. The van der Waals surface area contributed by atoms with Crippen molar-refractivity contribution in [1.82, 2.24) is 0 Å². The van der Waals surface area contributed by atoms with Gasteiger partial charge in [-0.2, -0.15) is 0 Å². The van der Waals surface area contributed by atoms with Crippen LogP contribution in [0.2, 0.25) is 5.02 Å². The average molecular weight is 307 g/mol. The second-order valence-corrected chi connectivity index (χ2v) is 6.43. The molecule has 0 saturated carbocycles. The summed E-state index contributed by atoms with van der Waals surface area (Å²) in [5, 5.41) is 3.57. The normalized spacial score (nSPS) is 13.1. The predicted molar refractivity (Wildman–Crippen MR) is 79.5 cm³/mol. The van der Waals surface area contributed by atoms with E-state index in [1.807, 2.05) is 13.8 Å². The number of hydrogen-bond acceptors (Lipinski definition) is 4. The standard InChI is InChI=1S/C12H19ClN2O3S/c1-4-18-8-9(2)14-10-5-6-12(11(13)7-10)15-19(3,16)17/h5-7,9,14-15H,4,8H2,1-3H3/t9-/m0/s1. The van der Waals surface area contributed by atoms with Gasteiger partial charge >= 0.3 is 0 Å². The molecule has 0 spiro atoms. The summed E-state index contributed by atoms with van der Waals surface area (Å²) in [5.74, 6) is 0. The van der Waals surface area contributed by atoms with Crippen LogP contribution in [0.5, 0.6) is 0 Å². The molecule has 0 aliphatic heterocycles. The summed E-state index contributed by atoms with van der Waals surface area (Å²) in [5.41, 5.74) is 1.18. The molecule has 1 aromatic carbocycles. The molecule has 0 saturated heterocycles. The summed E-state index contributed by atoms with van der Waals surface area (Å²) >= 11 is 6.03. The Morgan fingerprint density at radius 1 is 1.42 bits per heavy atom. The highest BCUT2D eigenvalue weighted by atomic mass is 35.5. The maximum Gasteiger partial charge on any atom is 0.229 e. The third-order valence-corrected chi connectivity index (χ3v) is 3.15. The minimum atomic E-state index is -3.32. The van der Waals surface area contributed by atoms with Gasteiger partial charge in [0.2, 0.25) is 10.0 Å². The van der Waals surface area contributed by atoms with Gasteiger partial charge in [-0.1, -0.05) is 11.6 Å². The SMILES string of the molecule is CCOC[C@H](C)Nc1ccc(NS(C)(=O)=O)c(Cl)c1. The summed E-state index contributed by atoms with van der Waals surface area (Å²) < 4.78 is 29.9. The first-order valence-corrected chi connectivity index (χ1v) is 8.20. The lowest BCUT2D eigenvalue weighted by atomic mass is 10.2. The number of hydrogen-bond donors (Lipinski definition) is 2. The van der Waals surface area contributed by atoms with Crippen molar-refractivity contribution in [3.05, 3.63) is 23.2 Å². The molecule has 1 rings (SSSR count). The predicted octanol–water partition coefficient (Wildman–Crippen LogP) is 2.55. The van der Waals surface area contributed by atoms with Crippen LogP contribution in [-0.4, -0.2) is 33.9 Å². The van der Waals surface area contributed by atoms with E-state index < -0.39 is 10.0 Å². The van der Waals surface area contributed by atoms with Crippen LogP contribution in [-0.2, 0) is 14.8 Å². The second kappa shape index (κ2) is 6.98. The van der Waals surface area contributed by atoms with Crippen LogP contribution < -0.4 is 10.0 Å². The quantitative estimate of drug-likeness (QED) is 0.812. The molecule has 0 aliphatic carbocycles. The van der Waals surface area contributed by atoms with Gasteiger partial charge < -0.3 is 10.1 Å². The van der Waals surface area contributed by atoms with Crippen LogP contribution >= 0.6 is 11.6 Å². The highest BCUT2D eigenvalue weighted by Crippen LogP contribution is 2.26. The van der Waals surface area contributed by atoms with Gasteiger partial charge in [0.05, 0.1) is 23.6 Å². The fraction of sp³-hybridized carbons (Fsp3) is 0.500. The van der Waals surface area contributed by atoms with Gasteiger partial charge in [-0.05, 0) is 32.0 Å². The molecule has 5 nitrogen and oxygen atoms in total. The first kappa shape index (κ1) is 16.1. The van der Waals surface area contributed by atoms with Crippen LogP contribution in [0.25, 0.3) is 0 Å². The molecule has 0 fully saturated rings. The van der Waals surface area contributed by atoms with Gasteiger partial charge in [0.25, 0.3) is 0 Å². The highest BCUT2D eigenvalue weighted by molar-refractivity contribution is 7.92. The minimum absolute atomic E-state index is 0.143. The van der Waals surface area contributed by atoms with Crippen molar-refractivity contribution >= 4 is 33.0 Å². The van der Waals surface area contributed by atoms with Gasteiger partial charge in [-0.25, -0.2) is 8.42 Å². The molecule has 0 radical (unpaired) electrons. The largest absolute Gasteiger partial charge is 0.380 e. The van der Waals surface area contributed by atoms with Crippen molar-refractivity contribution in [3.63, 3.8) is 0 Å². The van der Waals surface area contributed by atoms with E-state index >= 15 is 0 Å². The fourth-order valence-corrected chi connectivity index (χ4v) is 2.37. The summed E-state index contributed by atoms with van der Waals surface area (Å²) in [6.45, 7) is 5.20. The molecular weight excluding hydrogens is 288 g/mol. The van der Waals surface area contributed by atoms with Crippen molar-refractivity contribution in [3.8, 4) is 0 Å².